The number of non-ortho nitro benzene ring substituents is 1. The van der Waals surface area contributed by atoms with Gasteiger partial charge < -0.3 is 9.64 Å². The Morgan fingerprint density at radius 3 is 2.80 bits per heavy atom. The highest BCUT2D eigenvalue weighted by Gasteiger charge is 2.39. The number of nitro benzene ring substituents is 1. The maximum atomic E-state index is 12.7. The van der Waals surface area contributed by atoms with E-state index in [4.69, 9.17) is 4.74 Å². The summed E-state index contributed by atoms with van der Waals surface area (Å²) in [6.07, 6.45) is 0.0671. The van der Waals surface area contributed by atoms with Gasteiger partial charge in [0.25, 0.3) is 11.6 Å². The normalized spacial score (nSPS) is 24.9. The van der Waals surface area contributed by atoms with Crippen LogP contribution in [0.1, 0.15) is 13.8 Å². The lowest BCUT2D eigenvalue weighted by Gasteiger charge is -2.38. The second kappa shape index (κ2) is 6.77. The molecule has 134 valence electrons. The van der Waals surface area contributed by atoms with Crippen molar-refractivity contribution in [2.45, 2.75) is 26.0 Å². The van der Waals surface area contributed by atoms with Crippen LogP contribution in [0.3, 0.4) is 0 Å². The van der Waals surface area contributed by atoms with E-state index in [2.05, 4.69) is 4.90 Å². The topological polar surface area (TPSA) is 96.2 Å². The molecule has 0 N–H and O–H groups in total. The van der Waals surface area contributed by atoms with Gasteiger partial charge in [0.05, 0.1) is 30.0 Å². The first-order valence-corrected chi connectivity index (χ1v) is 8.09. The van der Waals surface area contributed by atoms with E-state index in [9.17, 15) is 19.7 Å². The Labute approximate surface area is 144 Å². The van der Waals surface area contributed by atoms with Crippen LogP contribution in [0.2, 0.25) is 0 Å². The third-order valence-electron chi connectivity index (χ3n) is 4.43. The Kier molecular flexibility index (Phi) is 4.69. The quantitative estimate of drug-likeness (QED) is 0.464. The van der Waals surface area contributed by atoms with Gasteiger partial charge in [0.15, 0.2) is 0 Å². The third kappa shape index (κ3) is 3.47. The molecule has 2 heterocycles. The number of benzene rings is 1. The molecule has 9 heteroatoms. The lowest BCUT2D eigenvalue weighted by Crippen LogP contribution is -2.52. The highest BCUT2D eigenvalue weighted by atomic mass is 16.6. The zero-order valence-electron chi connectivity index (χ0n) is 14.1. The molecule has 2 fully saturated rings. The van der Waals surface area contributed by atoms with Crippen molar-refractivity contribution in [2.24, 2.45) is 0 Å². The van der Waals surface area contributed by atoms with Gasteiger partial charge in [-0.2, -0.15) is 0 Å². The van der Waals surface area contributed by atoms with Crippen molar-refractivity contribution < 1.29 is 19.2 Å². The van der Waals surface area contributed by atoms with Crippen LogP contribution in [-0.4, -0.2) is 65.2 Å². The molecule has 0 spiro atoms. The zero-order chi connectivity index (χ0) is 18.1. The molecule has 1 aromatic carbocycles. The van der Waals surface area contributed by atoms with Crippen LogP contribution in [-0.2, 0) is 9.53 Å². The molecule has 2 saturated heterocycles. The van der Waals surface area contributed by atoms with Gasteiger partial charge in [0.2, 0.25) is 0 Å². The number of urea groups is 1. The van der Waals surface area contributed by atoms with Crippen molar-refractivity contribution in [3.63, 3.8) is 0 Å². The molecular weight excluding hydrogens is 328 g/mol. The molecule has 0 saturated carbocycles. The smallest absolute Gasteiger partial charge is 0.332 e. The van der Waals surface area contributed by atoms with Crippen molar-refractivity contribution >= 4 is 23.3 Å². The molecule has 0 bridgehead atoms. The fourth-order valence-corrected chi connectivity index (χ4v) is 3.05. The van der Waals surface area contributed by atoms with Crippen molar-refractivity contribution in [3.8, 4) is 0 Å². The first kappa shape index (κ1) is 17.3. The minimum atomic E-state index is -0.552. The molecule has 0 unspecified atom stereocenters. The lowest BCUT2D eigenvalue weighted by atomic mass is 10.2. The fraction of sp³-hybridized carbons (Fsp3) is 0.500. The molecule has 3 rings (SSSR count). The lowest BCUT2D eigenvalue weighted by molar-refractivity contribution is -0.384. The Balaban J connectivity index is 1.76. The van der Waals surface area contributed by atoms with Crippen molar-refractivity contribution in [3.05, 3.63) is 34.4 Å². The Bertz CT molecular complexity index is 710. The number of nitrogens with zero attached hydrogens (tertiary/aromatic N) is 4. The van der Waals surface area contributed by atoms with E-state index in [1.165, 1.54) is 29.2 Å². The minimum Gasteiger partial charge on any atom is -0.376 e. The summed E-state index contributed by atoms with van der Waals surface area (Å²) >= 11 is 0. The number of hydrogen-bond acceptors (Lipinski definition) is 6. The monoisotopic (exact) mass is 348 g/mol. The van der Waals surface area contributed by atoms with Gasteiger partial charge in [-0.25, -0.2) is 9.69 Å². The average Bonchev–Trinajstić information content (AvgIpc) is 2.85. The first-order valence-electron chi connectivity index (χ1n) is 8.09. The second-order valence-electron chi connectivity index (χ2n) is 6.39. The molecule has 2 aliphatic rings. The van der Waals surface area contributed by atoms with Crippen LogP contribution < -0.4 is 4.90 Å². The summed E-state index contributed by atoms with van der Waals surface area (Å²) in [6, 6.07) is 5.22. The second-order valence-corrected chi connectivity index (χ2v) is 6.39. The number of rotatable bonds is 4. The maximum absolute atomic E-state index is 12.7. The highest BCUT2D eigenvalue weighted by Crippen LogP contribution is 2.26. The van der Waals surface area contributed by atoms with Crippen LogP contribution >= 0.6 is 0 Å². The number of hydrogen-bond donors (Lipinski definition) is 0. The van der Waals surface area contributed by atoms with E-state index in [1.807, 2.05) is 13.8 Å². The highest BCUT2D eigenvalue weighted by molar-refractivity contribution is 6.19. The van der Waals surface area contributed by atoms with Gasteiger partial charge in [-0.05, 0) is 19.9 Å². The number of nitro groups is 1. The van der Waals surface area contributed by atoms with Crippen LogP contribution in [0.4, 0.5) is 16.2 Å². The van der Waals surface area contributed by atoms with Crippen molar-refractivity contribution in [1.82, 2.24) is 9.80 Å². The number of ether oxygens (including phenoxy) is 1. The number of morpholine rings is 1. The van der Waals surface area contributed by atoms with Crippen molar-refractivity contribution in [1.29, 1.82) is 0 Å². The van der Waals surface area contributed by atoms with E-state index in [1.54, 1.807) is 0 Å². The molecule has 2 atom stereocenters. The largest absolute Gasteiger partial charge is 0.376 e. The molecule has 0 radical (unpaired) electrons. The molecule has 3 amide bonds. The minimum absolute atomic E-state index is 0.0417. The van der Waals surface area contributed by atoms with Crippen LogP contribution in [0, 0.1) is 10.1 Å². The first-order chi connectivity index (χ1) is 11.9. The van der Waals surface area contributed by atoms with Crippen LogP contribution in [0.15, 0.2) is 24.3 Å². The fourth-order valence-electron chi connectivity index (χ4n) is 3.05. The molecule has 0 aliphatic carbocycles. The molecule has 25 heavy (non-hydrogen) atoms. The summed E-state index contributed by atoms with van der Waals surface area (Å²) in [5.74, 6) is -0.389. The van der Waals surface area contributed by atoms with E-state index in [-0.39, 0.29) is 36.0 Å². The Morgan fingerprint density at radius 2 is 2.08 bits per heavy atom. The number of imide groups is 1. The van der Waals surface area contributed by atoms with E-state index in [0.29, 0.717) is 19.8 Å². The molecular formula is C16H20N4O5. The van der Waals surface area contributed by atoms with Gasteiger partial charge in [0, 0.05) is 24.7 Å². The van der Waals surface area contributed by atoms with Gasteiger partial charge >= 0.3 is 6.03 Å². The SMILES string of the molecule is C[C@@H]1CN(CN2CC(=O)N(c3cccc([N+](=O)[O-])c3)C2=O)[C@@H](C)CO1. The summed E-state index contributed by atoms with van der Waals surface area (Å²) in [5.41, 5.74) is 0.0577. The van der Waals surface area contributed by atoms with E-state index < -0.39 is 11.0 Å². The zero-order valence-corrected chi connectivity index (χ0v) is 14.1. The summed E-state index contributed by atoms with van der Waals surface area (Å²) in [5, 5.41) is 10.9. The van der Waals surface area contributed by atoms with Crippen LogP contribution in [0.5, 0.6) is 0 Å². The van der Waals surface area contributed by atoms with Crippen molar-refractivity contribution in [2.75, 3.05) is 31.3 Å². The predicted octanol–water partition coefficient (Wildman–Crippen LogP) is 1.43. The number of carbonyl (C=O) groups is 2. The van der Waals surface area contributed by atoms with E-state index in [0.717, 1.165) is 4.90 Å². The number of anilines is 1. The van der Waals surface area contributed by atoms with Crippen LogP contribution in [0.25, 0.3) is 0 Å². The summed E-state index contributed by atoms with van der Waals surface area (Å²) in [7, 11) is 0. The van der Waals surface area contributed by atoms with Gasteiger partial charge in [0.1, 0.15) is 6.54 Å². The molecule has 0 aromatic heterocycles. The summed E-state index contributed by atoms with van der Waals surface area (Å²) in [6.45, 7) is 5.50. The molecule has 9 nitrogen and oxygen atoms in total. The van der Waals surface area contributed by atoms with E-state index >= 15 is 0 Å². The van der Waals surface area contributed by atoms with Gasteiger partial charge in [-0.1, -0.05) is 6.07 Å². The molecule has 1 aromatic rings. The van der Waals surface area contributed by atoms with Gasteiger partial charge in [-0.3, -0.25) is 19.8 Å². The summed E-state index contributed by atoms with van der Waals surface area (Å²) < 4.78 is 5.57. The standard InChI is InChI=1S/C16H20N4O5/c1-11-9-25-12(2)7-17(11)10-18-8-15(21)19(16(18)22)13-4-3-5-14(6-13)20(23)24/h3-6,11-12H,7-10H2,1-2H3/t11-,12+/m0/s1. The number of carbonyl (C=O) groups excluding carboxylic acids is 2. The van der Waals surface area contributed by atoms with Gasteiger partial charge in [-0.15, -0.1) is 0 Å². The Morgan fingerprint density at radius 1 is 1.32 bits per heavy atom. The Hall–Kier alpha value is -2.52. The average molecular weight is 348 g/mol. The number of amides is 3. The predicted molar refractivity (Wildman–Crippen MR) is 89.1 cm³/mol. The third-order valence-corrected chi connectivity index (χ3v) is 4.43. The molecule has 2 aliphatic heterocycles. The maximum Gasteiger partial charge on any atom is 0.332 e. The summed E-state index contributed by atoms with van der Waals surface area (Å²) in [4.78, 5) is 39.9.